The van der Waals surface area contributed by atoms with Crippen LogP contribution in [0.15, 0.2) is 53.3 Å². The zero-order valence-electron chi connectivity index (χ0n) is 15.8. The summed E-state index contributed by atoms with van der Waals surface area (Å²) in [4.78, 5) is 17.4. The lowest BCUT2D eigenvalue weighted by atomic mass is 10.0. The predicted molar refractivity (Wildman–Crippen MR) is 113 cm³/mol. The summed E-state index contributed by atoms with van der Waals surface area (Å²) in [6.07, 6.45) is 0. The van der Waals surface area contributed by atoms with E-state index >= 15 is 0 Å². The number of benzene rings is 3. The largest absolute Gasteiger partial charge is 0.497 e. The minimum atomic E-state index is 0.0247. The van der Waals surface area contributed by atoms with E-state index < -0.39 is 0 Å². The molecule has 0 aliphatic carbocycles. The number of hydrogen-bond donors (Lipinski definition) is 2. The van der Waals surface area contributed by atoms with Crippen molar-refractivity contribution in [3.05, 3.63) is 58.8 Å². The van der Waals surface area contributed by atoms with Gasteiger partial charge in [0.1, 0.15) is 11.6 Å². The van der Waals surface area contributed by atoms with Crippen molar-refractivity contribution in [3.63, 3.8) is 0 Å². The van der Waals surface area contributed by atoms with Crippen molar-refractivity contribution in [2.45, 2.75) is 0 Å². The maximum atomic E-state index is 11.7. The summed E-state index contributed by atoms with van der Waals surface area (Å²) in [7, 11) is 5.79. The molecule has 4 aromatic rings. The number of H-pyrrole nitrogens is 1. The highest BCUT2D eigenvalue weighted by Gasteiger charge is 2.11. The summed E-state index contributed by atoms with van der Waals surface area (Å²) < 4.78 is 5.43. The first-order chi connectivity index (χ1) is 13.1. The van der Waals surface area contributed by atoms with Crippen LogP contribution in [0.5, 0.6) is 5.75 Å². The van der Waals surface area contributed by atoms with Crippen LogP contribution in [0.2, 0.25) is 0 Å². The second-order valence-electron chi connectivity index (χ2n) is 7.01. The van der Waals surface area contributed by atoms with Gasteiger partial charge in [0.15, 0.2) is 5.43 Å². The number of fused-ring (bicyclic) bond motifs is 5. The maximum Gasteiger partial charge on any atom is 0.179 e. The van der Waals surface area contributed by atoms with Crippen molar-refractivity contribution in [2.24, 2.45) is 0 Å². The van der Waals surface area contributed by atoms with E-state index in [1.54, 1.807) is 19.2 Å². The van der Waals surface area contributed by atoms with Gasteiger partial charge in [-0.15, -0.1) is 0 Å². The van der Waals surface area contributed by atoms with Crippen molar-refractivity contribution in [2.75, 3.05) is 39.6 Å². The third kappa shape index (κ3) is 3.22. The minimum absolute atomic E-state index is 0.0247. The molecular weight excluding hydrogens is 338 g/mol. The van der Waals surface area contributed by atoms with Crippen LogP contribution in [0.25, 0.3) is 32.4 Å². The molecule has 27 heavy (non-hydrogen) atoms. The van der Waals surface area contributed by atoms with Gasteiger partial charge in [-0.25, -0.2) is 0 Å². The van der Waals surface area contributed by atoms with Gasteiger partial charge >= 0.3 is 0 Å². The van der Waals surface area contributed by atoms with Gasteiger partial charge in [-0.1, -0.05) is 12.1 Å². The molecule has 2 N–H and O–H groups in total. The van der Waals surface area contributed by atoms with E-state index in [-0.39, 0.29) is 5.43 Å². The van der Waals surface area contributed by atoms with Crippen LogP contribution < -0.4 is 15.5 Å². The van der Waals surface area contributed by atoms with Crippen LogP contribution >= 0.6 is 0 Å². The van der Waals surface area contributed by atoms with Crippen LogP contribution in [0, 0.1) is 0 Å². The van der Waals surface area contributed by atoms with Gasteiger partial charge in [-0.2, -0.15) is 0 Å². The Bertz CT molecular complexity index is 1190. The van der Waals surface area contributed by atoms with E-state index in [4.69, 9.17) is 4.74 Å². The van der Waals surface area contributed by atoms with Gasteiger partial charge in [0, 0.05) is 29.2 Å². The first kappa shape index (κ1) is 17.4. The molecule has 5 nitrogen and oxygen atoms in total. The zero-order valence-corrected chi connectivity index (χ0v) is 15.8. The number of anilines is 1. The molecule has 0 bridgehead atoms. The number of aromatic nitrogens is 1. The molecule has 0 unspecified atom stereocenters. The highest BCUT2D eigenvalue weighted by molar-refractivity contribution is 6.17. The molecule has 4 rings (SSSR count). The summed E-state index contributed by atoms with van der Waals surface area (Å²) >= 11 is 0. The van der Waals surface area contributed by atoms with Crippen molar-refractivity contribution in [1.29, 1.82) is 0 Å². The third-order valence-electron chi connectivity index (χ3n) is 4.89. The fraction of sp³-hybridized carbons (Fsp3) is 0.227. The van der Waals surface area contributed by atoms with Gasteiger partial charge in [-0.05, 0) is 61.3 Å². The number of pyridine rings is 1. The van der Waals surface area contributed by atoms with E-state index in [1.165, 1.54) is 0 Å². The molecular formula is C22H23N3O2. The van der Waals surface area contributed by atoms with Crippen LogP contribution in [0.3, 0.4) is 0 Å². The van der Waals surface area contributed by atoms with Gasteiger partial charge in [0.25, 0.3) is 0 Å². The average Bonchev–Trinajstić information content (AvgIpc) is 2.66. The average molecular weight is 361 g/mol. The molecule has 0 aliphatic rings. The Labute approximate surface area is 157 Å². The van der Waals surface area contributed by atoms with Crippen molar-refractivity contribution >= 4 is 38.3 Å². The van der Waals surface area contributed by atoms with Gasteiger partial charge < -0.3 is 19.9 Å². The van der Waals surface area contributed by atoms with Crippen molar-refractivity contribution in [1.82, 2.24) is 9.88 Å². The van der Waals surface area contributed by atoms with E-state index in [9.17, 15) is 4.79 Å². The van der Waals surface area contributed by atoms with Crippen molar-refractivity contribution in [3.8, 4) is 5.75 Å². The molecule has 5 heteroatoms. The maximum absolute atomic E-state index is 11.7. The summed E-state index contributed by atoms with van der Waals surface area (Å²) in [5.41, 5.74) is 1.05. The Morgan fingerprint density at radius 1 is 0.963 bits per heavy atom. The lowest BCUT2D eigenvalue weighted by Gasteiger charge is -2.16. The van der Waals surface area contributed by atoms with Gasteiger partial charge in [0.05, 0.1) is 12.6 Å². The van der Waals surface area contributed by atoms with E-state index in [2.05, 4.69) is 41.4 Å². The highest BCUT2D eigenvalue weighted by Crippen LogP contribution is 2.34. The summed E-state index contributed by atoms with van der Waals surface area (Å²) in [5, 5.41) is 8.86. The van der Waals surface area contributed by atoms with E-state index in [0.717, 1.165) is 57.1 Å². The first-order valence-electron chi connectivity index (χ1n) is 9.02. The monoisotopic (exact) mass is 361 g/mol. The molecule has 0 fully saturated rings. The molecule has 0 saturated carbocycles. The Balaban J connectivity index is 2.00. The Kier molecular flexibility index (Phi) is 4.46. The lowest BCUT2D eigenvalue weighted by Crippen LogP contribution is -2.21. The molecule has 0 radical (unpaired) electrons. The Hall–Kier alpha value is -3.05. The third-order valence-corrected chi connectivity index (χ3v) is 4.89. The van der Waals surface area contributed by atoms with Crippen LogP contribution in [0.1, 0.15) is 0 Å². The van der Waals surface area contributed by atoms with Gasteiger partial charge in [0.2, 0.25) is 0 Å². The number of likely N-dealkylation sites (N-methyl/N-ethyl adjacent to an activating group) is 1. The quantitative estimate of drug-likeness (QED) is 0.531. The summed E-state index contributed by atoms with van der Waals surface area (Å²) in [6.45, 7) is 1.74. The molecule has 138 valence electrons. The molecule has 0 saturated heterocycles. The SMILES string of the molecule is COc1ccc2c(c1)c(NCCN(C)C)[nH]c1c3ccc(=O)cc3ccc21. The number of hydrogen-bond acceptors (Lipinski definition) is 4. The number of nitrogens with zero attached hydrogens (tertiary/aromatic N) is 1. The fourth-order valence-corrected chi connectivity index (χ4v) is 3.50. The summed E-state index contributed by atoms with van der Waals surface area (Å²) in [5.74, 6) is 1.78. The molecule has 0 aliphatic heterocycles. The normalized spacial score (nSPS) is 11.6. The Morgan fingerprint density at radius 3 is 2.52 bits per heavy atom. The number of nitrogens with one attached hydrogen (secondary N) is 2. The number of methoxy groups -OCH3 is 1. The number of aromatic amines is 1. The first-order valence-corrected chi connectivity index (χ1v) is 9.02. The second-order valence-corrected chi connectivity index (χ2v) is 7.01. The molecule has 0 atom stereocenters. The molecule has 0 spiro atoms. The van der Waals surface area contributed by atoms with E-state index in [1.807, 2.05) is 24.3 Å². The topological polar surface area (TPSA) is 57.4 Å². The van der Waals surface area contributed by atoms with Gasteiger partial charge in [-0.3, -0.25) is 4.79 Å². The second kappa shape index (κ2) is 6.93. The van der Waals surface area contributed by atoms with Crippen LogP contribution in [0.4, 0.5) is 5.82 Å². The van der Waals surface area contributed by atoms with E-state index in [0.29, 0.717) is 0 Å². The smallest absolute Gasteiger partial charge is 0.179 e. The standard InChI is InChI=1S/C22H23N3O2/c1-25(2)11-10-23-22-20-13-16(27-3)6-9-18(20)19-7-4-14-12-15(26)5-8-17(14)21(19)24-22/h4-9,12-13,23-24H,10-11H2,1-3H3. The minimum Gasteiger partial charge on any atom is -0.497 e. The fourth-order valence-electron chi connectivity index (χ4n) is 3.50. The highest BCUT2D eigenvalue weighted by atomic mass is 16.5. The predicted octanol–water partition coefficient (Wildman–Crippen LogP) is 3.82. The van der Waals surface area contributed by atoms with Crippen LogP contribution in [-0.4, -0.2) is 44.2 Å². The molecule has 0 amide bonds. The number of rotatable bonds is 5. The lowest BCUT2D eigenvalue weighted by molar-refractivity contribution is 0.415. The molecule has 1 aromatic heterocycles. The zero-order chi connectivity index (χ0) is 19.0. The Morgan fingerprint density at radius 2 is 1.74 bits per heavy atom. The summed E-state index contributed by atoms with van der Waals surface area (Å²) in [6, 6.07) is 15.4. The van der Waals surface area contributed by atoms with Crippen LogP contribution in [-0.2, 0) is 0 Å². The molecule has 1 heterocycles. The number of ether oxygens (including phenoxy) is 1. The van der Waals surface area contributed by atoms with Crippen molar-refractivity contribution < 1.29 is 4.74 Å². The molecule has 3 aromatic carbocycles.